The van der Waals surface area contributed by atoms with Crippen LogP contribution in [-0.4, -0.2) is 62.1 Å². The lowest BCUT2D eigenvalue weighted by Gasteiger charge is -2.23. The highest BCUT2D eigenvalue weighted by molar-refractivity contribution is 5.73. The number of hydrogen-bond donors (Lipinski definition) is 1. The second-order valence-electron chi connectivity index (χ2n) is 7.08. The fourth-order valence-corrected chi connectivity index (χ4v) is 3.49. The molecule has 2 aromatic heterocycles. The number of ether oxygens (including phenoxy) is 1. The number of imidazole rings is 1. The van der Waals surface area contributed by atoms with Crippen LogP contribution in [0.25, 0.3) is 0 Å². The molecule has 2 fully saturated rings. The monoisotopic (exact) mass is 413 g/mol. The van der Waals surface area contributed by atoms with Crippen LogP contribution in [-0.2, 0) is 16.0 Å². The second kappa shape index (κ2) is 8.36. The van der Waals surface area contributed by atoms with E-state index in [0.717, 1.165) is 44.9 Å². The van der Waals surface area contributed by atoms with Crippen molar-refractivity contribution < 1.29 is 27.8 Å². The molecular weight excluding hydrogens is 391 g/mol. The van der Waals surface area contributed by atoms with E-state index in [1.165, 1.54) is 5.56 Å². The van der Waals surface area contributed by atoms with Gasteiger partial charge in [0.2, 0.25) is 5.95 Å². The highest BCUT2D eigenvalue weighted by atomic mass is 19.4. The van der Waals surface area contributed by atoms with E-state index in [1.807, 2.05) is 31.1 Å². The number of anilines is 1. The van der Waals surface area contributed by atoms with Gasteiger partial charge < -0.3 is 19.3 Å². The lowest BCUT2D eigenvalue weighted by molar-refractivity contribution is -0.192. The molecule has 0 bridgehead atoms. The van der Waals surface area contributed by atoms with E-state index in [4.69, 9.17) is 14.6 Å². The summed E-state index contributed by atoms with van der Waals surface area (Å²) in [7, 11) is 0. The zero-order valence-corrected chi connectivity index (χ0v) is 15.8. The third kappa shape index (κ3) is 5.03. The highest BCUT2D eigenvalue weighted by Crippen LogP contribution is 2.40. The number of aromatic nitrogens is 4. The van der Waals surface area contributed by atoms with Crippen LogP contribution in [0.4, 0.5) is 19.1 Å². The minimum Gasteiger partial charge on any atom is -0.475 e. The van der Waals surface area contributed by atoms with Gasteiger partial charge in [-0.3, -0.25) is 0 Å². The Labute approximate surface area is 165 Å². The summed E-state index contributed by atoms with van der Waals surface area (Å²) in [5.74, 6) is -1.93. The first kappa shape index (κ1) is 21.0. The summed E-state index contributed by atoms with van der Waals surface area (Å²) in [6.07, 6.45) is 7.55. The summed E-state index contributed by atoms with van der Waals surface area (Å²) in [5, 5.41) is 7.12. The Balaban J connectivity index is 0.000000298. The topological polar surface area (TPSA) is 93.4 Å². The van der Waals surface area contributed by atoms with E-state index >= 15 is 0 Å². The van der Waals surface area contributed by atoms with Gasteiger partial charge in [0.25, 0.3) is 0 Å². The van der Waals surface area contributed by atoms with Crippen LogP contribution < -0.4 is 4.90 Å². The number of carboxylic acids is 1. The molecule has 4 rings (SSSR count). The maximum Gasteiger partial charge on any atom is 0.490 e. The van der Waals surface area contributed by atoms with Gasteiger partial charge in [0.1, 0.15) is 0 Å². The quantitative estimate of drug-likeness (QED) is 0.826. The average Bonchev–Trinajstić information content (AvgIpc) is 3.43. The molecule has 1 spiro atoms. The Morgan fingerprint density at radius 3 is 2.62 bits per heavy atom. The van der Waals surface area contributed by atoms with Crippen molar-refractivity contribution in [3.05, 3.63) is 36.7 Å². The molecule has 29 heavy (non-hydrogen) atoms. The molecule has 2 aliphatic rings. The van der Waals surface area contributed by atoms with Gasteiger partial charge in [-0.15, -0.1) is 0 Å². The van der Waals surface area contributed by atoms with Gasteiger partial charge in [-0.1, -0.05) is 6.92 Å². The number of halogens is 3. The first-order chi connectivity index (χ1) is 13.7. The molecule has 11 heteroatoms. The van der Waals surface area contributed by atoms with Crippen molar-refractivity contribution in [2.24, 2.45) is 0 Å². The number of aryl methyl sites for hydroxylation is 1. The molecule has 4 heterocycles. The van der Waals surface area contributed by atoms with Gasteiger partial charge in [0.15, 0.2) is 0 Å². The number of hydrogen-bond acceptors (Lipinski definition) is 6. The Morgan fingerprint density at radius 2 is 2.07 bits per heavy atom. The Hall–Kier alpha value is -2.69. The molecule has 0 radical (unpaired) electrons. The van der Waals surface area contributed by atoms with Gasteiger partial charge in [0, 0.05) is 37.8 Å². The van der Waals surface area contributed by atoms with E-state index in [2.05, 4.69) is 31.3 Å². The summed E-state index contributed by atoms with van der Waals surface area (Å²) in [4.78, 5) is 24.3. The number of aliphatic carboxylic acids is 1. The van der Waals surface area contributed by atoms with Crippen molar-refractivity contribution in [1.29, 1.82) is 0 Å². The number of nitrogens with zero attached hydrogens (tertiary/aromatic N) is 5. The number of carboxylic acid groups (broad SMARTS) is 1. The summed E-state index contributed by atoms with van der Waals surface area (Å²) in [5.41, 5.74) is 1.12. The van der Waals surface area contributed by atoms with Crippen molar-refractivity contribution in [2.75, 3.05) is 24.6 Å². The standard InChI is InChI=1S/C16H21N5O.C2HF3O2/c1-2-13-8-18-15(19-9-13)20-5-3-16(11-20)7-14(10-22-16)21-6-4-17-12-21;3-2(4,5)1(6)7/h4,6,8-9,12,14H,2-3,5,7,10-11H2,1H3;(H,6,7). The number of rotatable bonds is 3. The Morgan fingerprint density at radius 1 is 1.38 bits per heavy atom. The lowest BCUT2D eigenvalue weighted by Crippen LogP contribution is -2.33. The van der Waals surface area contributed by atoms with Gasteiger partial charge >= 0.3 is 12.1 Å². The predicted octanol–water partition coefficient (Wildman–Crippen LogP) is 2.48. The van der Waals surface area contributed by atoms with Crippen LogP contribution in [0.2, 0.25) is 0 Å². The largest absolute Gasteiger partial charge is 0.490 e. The Bertz CT molecular complexity index is 813. The van der Waals surface area contributed by atoms with E-state index in [-0.39, 0.29) is 5.60 Å². The number of alkyl halides is 3. The molecule has 0 aromatic carbocycles. The van der Waals surface area contributed by atoms with Crippen LogP contribution >= 0.6 is 0 Å². The predicted molar refractivity (Wildman–Crippen MR) is 96.5 cm³/mol. The van der Waals surface area contributed by atoms with E-state index in [1.54, 1.807) is 0 Å². The minimum atomic E-state index is -5.08. The molecular formula is C18H22F3N5O3. The molecule has 2 atom stereocenters. The van der Waals surface area contributed by atoms with Crippen molar-refractivity contribution in [3.63, 3.8) is 0 Å². The molecule has 2 aromatic rings. The van der Waals surface area contributed by atoms with Crippen LogP contribution in [0.5, 0.6) is 0 Å². The maximum absolute atomic E-state index is 10.6. The maximum atomic E-state index is 10.6. The third-order valence-electron chi connectivity index (χ3n) is 5.08. The summed E-state index contributed by atoms with van der Waals surface area (Å²) in [6, 6.07) is 0.394. The minimum absolute atomic E-state index is 0.0538. The molecule has 0 amide bonds. The SMILES string of the molecule is CCc1cnc(N2CCC3(CC(n4ccnc4)CO3)C2)nc1.O=C(O)C(F)(F)F. The molecule has 8 nitrogen and oxygen atoms in total. The second-order valence-corrected chi connectivity index (χ2v) is 7.08. The first-order valence-electron chi connectivity index (χ1n) is 9.20. The van der Waals surface area contributed by atoms with Crippen LogP contribution in [0.1, 0.15) is 31.4 Å². The Kier molecular flexibility index (Phi) is 6.06. The van der Waals surface area contributed by atoms with Gasteiger partial charge in [-0.05, 0) is 18.4 Å². The van der Waals surface area contributed by atoms with Crippen molar-refractivity contribution in [3.8, 4) is 0 Å². The third-order valence-corrected chi connectivity index (χ3v) is 5.08. The zero-order chi connectivity index (χ0) is 21.1. The zero-order valence-electron chi connectivity index (χ0n) is 15.8. The van der Waals surface area contributed by atoms with E-state index in [9.17, 15) is 13.2 Å². The van der Waals surface area contributed by atoms with Gasteiger partial charge in [0.05, 0.1) is 31.1 Å². The summed E-state index contributed by atoms with van der Waals surface area (Å²) in [6.45, 7) is 4.72. The van der Waals surface area contributed by atoms with Gasteiger partial charge in [-0.2, -0.15) is 13.2 Å². The number of carbonyl (C=O) groups is 1. The van der Waals surface area contributed by atoms with Gasteiger partial charge in [-0.25, -0.2) is 19.7 Å². The molecule has 2 unspecified atom stereocenters. The normalized spacial score (nSPS) is 23.9. The smallest absolute Gasteiger partial charge is 0.475 e. The van der Waals surface area contributed by atoms with Crippen LogP contribution in [0.3, 0.4) is 0 Å². The first-order valence-corrected chi connectivity index (χ1v) is 9.20. The lowest BCUT2D eigenvalue weighted by atomic mass is 9.97. The van der Waals surface area contributed by atoms with Crippen LogP contribution in [0.15, 0.2) is 31.1 Å². The molecule has 2 aliphatic heterocycles. The van der Waals surface area contributed by atoms with E-state index < -0.39 is 12.1 Å². The highest BCUT2D eigenvalue weighted by Gasteiger charge is 2.46. The molecule has 2 saturated heterocycles. The molecule has 158 valence electrons. The average molecular weight is 413 g/mol. The van der Waals surface area contributed by atoms with Crippen molar-refractivity contribution in [2.45, 2.75) is 44.0 Å². The van der Waals surface area contributed by atoms with E-state index in [0.29, 0.717) is 6.04 Å². The molecule has 1 N–H and O–H groups in total. The fourth-order valence-electron chi connectivity index (χ4n) is 3.49. The summed E-state index contributed by atoms with van der Waals surface area (Å²) < 4.78 is 40.1. The van der Waals surface area contributed by atoms with Crippen molar-refractivity contribution >= 4 is 11.9 Å². The molecule has 0 aliphatic carbocycles. The summed E-state index contributed by atoms with van der Waals surface area (Å²) >= 11 is 0. The van der Waals surface area contributed by atoms with Crippen molar-refractivity contribution in [1.82, 2.24) is 19.5 Å². The van der Waals surface area contributed by atoms with Crippen LogP contribution in [0, 0.1) is 0 Å². The molecule has 0 saturated carbocycles. The fraction of sp³-hybridized carbons (Fsp3) is 0.556.